The molecule has 0 saturated heterocycles. The fourth-order valence-electron chi connectivity index (χ4n) is 8.89. The summed E-state index contributed by atoms with van der Waals surface area (Å²) in [5.41, 5.74) is 9.42. The quantitative estimate of drug-likeness (QED) is 0.0946. The second-order valence-electron chi connectivity index (χ2n) is 17.6. The molecule has 0 aliphatic heterocycles. The third kappa shape index (κ3) is 11.0. The van der Waals surface area contributed by atoms with Crippen LogP contribution in [-0.2, 0) is 0 Å². The zero-order valence-electron chi connectivity index (χ0n) is 41.0. The lowest BCUT2D eigenvalue weighted by Gasteiger charge is -2.26. The van der Waals surface area contributed by atoms with Gasteiger partial charge in [-0.05, 0) is 204 Å². The van der Waals surface area contributed by atoms with Gasteiger partial charge in [0.25, 0.3) is 0 Å². The molecule has 0 saturated carbocycles. The van der Waals surface area contributed by atoms with Gasteiger partial charge < -0.3 is 28.7 Å². The minimum Gasteiger partial charge on any atom is -0.457 e. The first-order valence-electron chi connectivity index (χ1n) is 24.6. The van der Waals surface area contributed by atoms with E-state index < -0.39 is 0 Å². The van der Waals surface area contributed by atoms with Crippen LogP contribution in [0.2, 0.25) is 0 Å². The summed E-state index contributed by atoms with van der Waals surface area (Å²) in [4.78, 5) is 4.34. The molecule has 0 aliphatic rings. The van der Waals surface area contributed by atoms with Crippen LogP contribution in [0.1, 0.15) is 11.1 Å². The van der Waals surface area contributed by atoms with Crippen molar-refractivity contribution in [3.63, 3.8) is 0 Å². The maximum atomic E-state index is 10.3. The van der Waals surface area contributed by atoms with Gasteiger partial charge in [0.2, 0.25) is 0 Å². The van der Waals surface area contributed by atoms with E-state index >= 15 is 0 Å². The molecule has 11 rings (SSSR count). The van der Waals surface area contributed by atoms with Crippen LogP contribution in [0, 0.1) is 22.7 Å². The van der Waals surface area contributed by atoms with Crippen molar-refractivity contribution in [2.75, 3.05) is 9.80 Å². The normalized spacial score (nSPS) is 10.6. The molecule has 0 N–H and O–H groups in total. The first kappa shape index (κ1) is 47.5. The van der Waals surface area contributed by atoms with Gasteiger partial charge >= 0.3 is 0 Å². The third-order valence-corrected chi connectivity index (χ3v) is 12.6. The summed E-state index contributed by atoms with van der Waals surface area (Å²) < 4.78 is 24.6. The summed E-state index contributed by atoms with van der Waals surface area (Å²) in [6.45, 7) is 0. The monoisotopic (exact) mass is 982 g/mol. The smallest absolute Gasteiger partial charge is 0.127 e. The molecule has 0 heterocycles. The van der Waals surface area contributed by atoms with Crippen molar-refractivity contribution in [3.05, 3.63) is 290 Å². The fourth-order valence-corrected chi connectivity index (χ4v) is 8.89. The Balaban J connectivity index is 0.926. The Labute approximate surface area is 441 Å². The number of ether oxygens (including phenoxy) is 4. The lowest BCUT2D eigenvalue weighted by molar-refractivity contribution is 0.482. The predicted octanol–water partition coefficient (Wildman–Crippen LogP) is 18.9. The van der Waals surface area contributed by atoms with Crippen molar-refractivity contribution in [2.24, 2.45) is 0 Å². The summed E-state index contributed by atoms with van der Waals surface area (Å²) in [5.74, 6) is 5.87. The molecular weight excluding hydrogens is 937 g/mol. The molecule has 0 fully saturated rings. The van der Waals surface area contributed by atoms with Gasteiger partial charge in [-0.15, -0.1) is 0 Å². The maximum Gasteiger partial charge on any atom is 0.127 e. The van der Waals surface area contributed by atoms with Crippen molar-refractivity contribution in [3.8, 4) is 80.4 Å². The maximum absolute atomic E-state index is 10.3. The van der Waals surface area contributed by atoms with Gasteiger partial charge in [0.05, 0.1) is 11.1 Å². The minimum atomic E-state index is 0.296. The average molecular weight is 983 g/mol. The summed E-state index contributed by atoms with van der Waals surface area (Å²) in [7, 11) is 0. The topological polar surface area (TPSA) is 91.0 Å². The lowest BCUT2D eigenvalue weighted by Crippen LogP contribution is -2.10. The highest BCUT2D eigenvalue weighted by Gasteiger charge is 2.19. The number of hydrogen-bond donors (Lipinski definition) is 0. The van der Waals surface area contributed by atoms with Gasteiger partial charge in [-0.1, -0.05) is 97.1 Å². The first-order chi connectivity index (χ1) is 37.5. The molecule has 0 atom stereocenters. The highest BCUT2D eigenvalue weighted by atomic mass is 16.5. The fraction of sp³-hybridized carbons (Fsp3) is 0. The summed E-state index contributed by atoms with van der Waals surface area (Å²) in [6, 6.07) is 95.5. The standard InChI is InChI=1S/C68H46N4O4/c69-47-51-45-67(49-21-25-53(26-22-49)71(55-29-37-63(38-30-55)73-59-13-5-1-6-14-59)56-31-39-64(40-32-56)74-60-15-7-2-8-16-60)68(46-52(51)48-70)50-23-27-54(28-24-50)72(57-33-41-65(42-34-57)75-61-17-9-3-10-18-61)58-35-43-66(44-36-58)76-62-19-11-4-12-20-62/h1-46H. The Kier molecular flexibility index (Phi) is 14.0. The number of anilines is 6. The van der Waals surface area contributed by atoms with Crippen molar-refractivity contribution in [2.45, 2.75) is 0 Å². The Bertz CT molecular complexity index is 3350. The van der Waals surface area contributed by atoms with E-state index in [1.165, 1.54) is 0 Å². The predicted molar refractivity (Wildman–Crippen MR) is 302 cm³/mol. The van der Waals surface area contributed by atoms with E-state index in [9.17, 15) is 10.5 Å². The molecule has 0 bridgehead atoms. The van der Waals surface area contributed by atoms with Gasteiger partial charge in [-0.2, -0.15) is 10.5 Å². The average Bonchev–Trinajstić information content (AvgIpc) is 3.48. The van der Waals surface area contributed by atoms with Gasteiger partial charge in [-0.3, -0.25) is 0 Å². The Morgan fingerprint density at radius 3 is 0.645 bits per heavy atom. The van der Waals surface area contributed by atoms with Crippen molar-refractivity contribution in [1.82, 2.24) is 0 Å². The molecule has 0 aliphatic carbocycles. The summed E-state index contributed by atoms with van der Waals surface area (Å²) >= 11 is 0. The van der Waals surface area contributed by atoms with Crippen LogP contribution in [0.15, 0.2) is 279 Å². The molecule has 362 valence electrons. The van der Waals surface area contributed by atoms with Crippen LogP contribution in [-0.4, -0.2) is 0 Å². The number of nitriles is 2. The highest BCUT2D eigenvalue weighted by Crippen LogP contribution is 2.43. The zero-order chi connectivity index (χ0) is 51.5. The number of benzene rings is 11. The van der Waals surface area contributed by atoms with Crippen LogP contribution in [0.4, 0.5) is 34.1 Å². The van der Waals surface area contributed by atoms with Gasteiger partial charge in [0, 0.05) is 34.1 Å². The molecule has 0 spiro atoms. The molecule has 76 heavy (non-hydrogen) atoms. The van der Waals surface area contributed by atoms with Crippen molar-refractivity contribution in [1.29, 1.82) is 10.5 Å². The van der Waals surface area contributed by atoms with Crippen LogP contribution in [0.25, 0.3) is 22.3 Å². The minimum absolute atomic E-state index is 0.296. The SMILES string of the molecule is N#Cc1cc(-c2ccc(N(c3ccc(Oc4ccccc4)cc3)c3ccc(Oc4ccccc4)cc3)cc2)c(-c2ccc(N(c3ccc(Oc4ccccc4)cc3)c3ccc(Oc4ccccc4)cc3)cc2)cc1C#N. The molecule has 11 aromatic rings. The number of rotatable bonds is 16. The van der Waals surface area contributed by atoms with Crippen LogP contribution in [0.5, 0.6) is 46.0 Å². The third-order valence-electron chi connectivity index (χ3n) is 12.6. The molecule has 11 aromatic carbocycles. The molecule has 8 nitrogen and oxygen atoms in total. The summed E-state index contributed by atoms with van der Waals surface area (Å²) in [5, 5.41) is 20.6. The second-order valence-corrected chi connectivity index (χ2v) is 17.6. The van der Waals surface area contributed by atoms with Gasteiger partial charge in [-0.25, -0.2) is 0 Å². The van der Waals surface area contributed by atoms with E-state index in [2.05, 4.69) is 70.5 Å². The van der Waals surface area contributed by atoms with Crippen molar-refractivity contribution < 1.29 is 18.9 Å². The van der Waals surface area contributed by atoms with E-state index in [1.54, 1.807) is 0 Å². The molecule has 0 unspecified atom stereocenters. The number of hydrogen-bond acceptors (Lipinski definition) is 8. The van der Waals surface area contributed by atoms with Crippen LogP contribution < -0.4 is 28.7 Å². The van der Waals surface area contributed by atoms with E-state index in [0.29, 0.717) is 34.1 Å². The Hall–Kier alpha value is -10.8. The van der Waals surface area contributed by atoms with Gasteiger partial charge in [0.15, 0.2) is 0 Å². The van der Waals surface area contributed by atoms with E-state index in [4.69, 9.17) is 18.9 Å². The molecule has 0 aromatic heterocycles. The van der Waals surface area contributed by atoms with E-state index in [1.807, 2.05) is 231 Å². The summed E-state index contributed by atoms with van der Waals surface area (Å²) in [6.07, 6.45) is 0. The van der Waals surface area contributed by atoms with Crippen LogP contribution in [0.3, 0.4) is 0 Å². The van der Waals surface area contributed by atoms with Crippen LogP contribution >= 0.6 is 0 Å². The largest absolute Gasteiger partial charge is 0.457 e. The lowest BCUT2D eigenvalue weighted by atomic mass is 9.90. The number of para-hydroxylation sites is 4. The molecular formula is C68H46N4O4. The second kappa shape index (κ2) is 22.3. The first-order valence-corrected chi connectivity index (χ1v) is 24.6. The number of nitrogens with zero attached hydrogens (tertiary/aromatic N) is 4. The zero-order valence-corrected chi connectivity index (χ0v) is 41.0. The van der Waals surface area contributed by atoms with Crippen molar-refractivity contribution >= 4 is 34.1 Å². The highest BCUT2D eigenvalue weighted by molar-refractivity contribution is 5.88. The Morgan fingerprint density at radius 1 is 0.237 bits per heavy atom. The van der Waals surface area contributed by atoms with E-state index in [-0.39, 0.29) is 0 Å². The molecule has 0 amide bonds. The Morgan fingerprint density at radius 2 is 0.434 bits per heavy atom. The van der Waals surface area contributed by atoms with E-state index in [0.717, 1.165) is 79.4 Å². The van der Waals surface area contributed by atoms with Gasteiger partial charge in [0.1, 0.15) is 58.1 Å². The molecule has 8 heteroatoms. The molecule has 0 radical (unpaired) electrons.